The highest BCUT2D eigenvalue weighted by molar-refractivity contribution is 6.42. The lowest BCUT2D eigenvalue weighted by molar-refractivity contribution is -0.125. The van der Waals surface area contributed by atoms with Gasteiger partial charge in [-0.05, 0) is 30.7 Å². The Balaban J connectivity index is 1.86. The van der Waals surface area contributed by atoms with Crippen molar-refractivity contribution in [1.29, 1.82) is 0 Å². The van der Waals surface area contributed by atoms with Crippen molar-refractivity contribution in [2.75, 3.05) is 18.4 Å². The lowest BCUT2D eigenvalue weighted by Crippen LogP contribution is -2.40. The number of likely N-dealkylation sites (tertiary alicyclic amines) is 1. The van der Waals surface area contributed by atoms with E-state index in [1.54, 1.807) is 23.1 Å². The van der Waals surface area contributed by atoms with Gasteiger partial charge in [0.15, 0.2) is 0 Å². The van der Waals surface area contributed by atoms with E-state index in [0.29, 0.717) is 35.2 Å². The molecule has 112 valence electrons. The zero-order valence-electron chi connectivity index (χ0n) is 11.2. The molecular formula is C14H15Cl2N3O2. The first-order chi connectivity index (χ1) is 9.99. The van der Waals surface area contributed by atoms with Crippen molar-refractivity contribution in [3.8, 4) is 0 Å². The molecule has 1 aromatic rings. The van der Waals surface area contributed by atoms with Crippen LogP contribution in [0.3, 0.4) is 0 Å². The minimum atomic E-state index is -0.341. The van der Waals surface area contributed by atoms with Gasteiger partial charge in [0.05, 0.1) is 10.0 Å². The summed E-state index contributed by atoms with van der Waals surface area (Å²) in [4.78, 5) is 25.0. The Hall–Kier alpha value is -1.72. The number of nitrogens with one attached hydrogen (secondary N) is 2. The smallest absolute Gasteiger partial charge is 0.319 e. The fourth-order valence-electron chi connectivity index (χ4n) is 2.13. The first-order valence-electron chi connectivity index (χ1n) is 6.43. The van der Waals surface area contributed by atoms with Gasteiger partial charge in [-0.15, -0.1) is 0 Å². The molecule has 7 heteroatoms. The lowest BCUT2D eigenvalue weighted by atomic mass is 10.3. The van der Waals surface area contributed by atoms with Crippen molar-refractivity contribution >= 4 is 40.8 Å². The first kappa shape index (κ1) is 15.7. The third-order valence-electron chi connectivity index (χ3n) is 3.19. The van der Waals surface area contributed by atoms with E-state index in [4.69, 9.17) is 23.2 Å². The van der Waals surface area contributed by atoms with Crippen LogP contribution in [0.1, 0.15) is 6.42 Å². The Morgan fingerprint density at radius 3 is 2.76 bits per heavy atom. The van der Waals surface area contributed by atoms with Gasteiger partial charge in [0.2, 0.25) is 5.91 Å². The summed E-state index contributed by atoms with van der Waals surface area (Å²) in [6.45, 7) is 4.55. The Morgan fingerprint density at radius 1 is 1.33 bits per heavy atom. The van der Waals surface area contributed by atoms with E-state index in [2.05, 4.69) is 17.2 Å². The summed E-state index contributed by atoms with van der Waals surface area (Å²) in [6, 6.07) is 4.43. The van der Waals surface area contributed by atoms with E-state index in [1.165, 1.54) is 6.08 Å². The van der Waals surface area contributed by atoms with Crippen LogP contribution in [-0.4, -0.2) is 36.0 Å². The predicted molar refractivity (Wildman–Crippen MR) is 83.8 cm³/mol. The quantitative estimate of drug-likeness (QED) is 0.838. The number of urea groups is 1. The van der Waals surface area contributed by atoms with Gasteiger partial charge >= 0.3 is 6.03 Å². The average molecular weight is 328 g/mol. The van der Waals surface area contributed by atoms with Gasteiger partial charge in [0, 0.05) is 24.8 Å². The van der Waals surface area contributed by atoms with Gasteiger partial charge in [-0.25, -0.2) is 4.79 Å². The number of benzene rings is 1. The van der Waals surface area contributed by atoms with Gasteiger partial charge < -0.3 is 15.5 Å². The van der Waals surface area contributed by atoms with E-state index in [1.807, 2.05) is 0 Å². The van der Waals surface area contributed by atoms with E-state index < -0.39 is 0 Å². The van der Waals surface area contributed by atoms with E-state index in [9.17, 15) is 9.59 Å². The SMILES string of the molecule is C=CC(=O)N1CC[C@H](NC(=O)Nc2ccc(Cl)c(Cl)c2)C1. The second-order valence-electron chi connectivity index (χ2n) is 4.70. The highest BCUT2D eigenvalue weighted by Crippen LogP contribution is 2.24. The molecule has 21 heavy (non-hydrogen) atoms. The number of hydrogen-bond acceptors (Lipinski definition) is 2. The monoisotopic (exact) mass is 327 g/mol. The van der Waals surface area contributed by atoms with E-state index in [0.717, 1.165) is 0 Å². The van der Waals surface area contributed by atoms with Crippen LogP contribution in [0.15, 0.2) is 30.9 Å². The molecule has 2 rings (SSSR count). The zero-order chi connectivity index (χ0) is 15.4. The fraction of sp³-hybridized carbons (Fsp3) is 0.286. The molecule has 0 radical (unpaired) electrons. The molecule has 1 aliphatic heterocycles. The van der Waals surface area contributed by atoms with Crippen LogP contribution in [-0.2, 0) is 4.79 Å². The molecular weight excluding hydrogens is 313 g/mol. The molecule has 3 amide bonds. The lowest BCUT2D eigenvalue weighted by Gasteiger charge is -2.15. The second-order valence-corrected chi connectivity index (χ2v) is 5.52. The van der Waals surface area contributed by atoms with Crippen LogP contribution < -0.4 is 10.6 Å². The summed E-state index contributed by atoms with van der Waals surface area (Å²) in [5.41, 5.74) is 0.555. The Kier molecular flexibility index (Phi) is 5.09. The molecule has 1 aromatic carbocycles. The highest BCUT2D eigenvalue weighted by Gasteiger charge is 2.25. The molecule has 5 nitrogen and oxygen atoms in total. The second kappa shape index (κ2) is 6.83. The van der Waals surface area contributed by atoms with Crippen LogP contribution in [0.2, 0.25) is 10.0 Å². The van der Waals surface area contributed by atoms with Crippen LogP contribution in [0.4, 0.5) is 10.5 Å². The summed E-state index contributed by atoms with van der Waals surface area (Å²) in [6.07, 6.45) is 1.99. The molecule has 1 saturated heterocycles. The maximum absolute atomic E-state index is 11.9. The number of carbonyl (C=O) groups is 2. The van der Waals surface area contributed by atoms with Crippen molar-refractivity contribution < 1.29 is 9.59 Å². The molecule has 0 aliphatic carbocycles. The molecule has 1 fully saturated rings. The number of nitrogens with zero attached hydrogens (tertiary/aromatic N) is 1. The van der Waals surface area contributed by atoms with Crippen molar-refractivity contribution in [2.45, 2.75) is 12.5 Å². The Morgan fingerprint density at radius 2 is 2.10 bits per heavy atom. The standard InChI is InChI=1S/C14H15Cl2N3O2/c1-2-13(20)19-6-5-10(8-19)18-14(21)17-9-3-4-11(15)12(16)7-9/h2-4,7,10H,1,5-6,8H2,(H2,17,18,21)/t10-/m0/s1. The number of amides is 3. The molecule has 2 N–H and O–H groups in total. The van der Waals surface area contributed by atoms with Gasteiger partial charge in [-0.3, -0.25) is 4.79 Å². The summed E-state index contributed by atoms with van der Waals surface area (Å²) < 4.78 is 0. The normalized spacial score (nSPS) is 17.4. The minimum absolute atomic E-state index is 0.0725. The van der Waals surface area contributed by atoms with Crippen LogP contribution in [0.25, 0.3) is 0 Å². The van der Waals surface area contributed by atoms with Gasteiger partial charge in [-0.1, -0.05) is 29.8 Å². The summed E-state index contributed by atoms with van der Waals surface area (Å²) in [5, 5.41) is 6.30. The Labute approximate surface area is 132 Å². The summed E-state index contributed by atoms with van der Waals surface area (Å²) in [7, 11) is 0. The molecule has 1 atom stereocenters. The molecule has 0 bridgehead atoms. The highest BCUT2D eigenvalue weighted by atomic mass is 35.5. The summed E-state index contributed by atoms with van der Waals surface area (Å²) >= 11 is 11.7. The maximum atomic E-state index is 11.9. The van der Waals surface area contributed by atoms with Crippen molar-refractivity contribution in [2.24, 2.45) is 0 Å². The number of rotatable bonds is 3. The third kappa shape index (κ3) is 4.12. The number of anilines is 1. The summed E-state index contributed by atoms with van der Waals surface area (Å²) in [5.74, 6) is -0.121. The topological polar surface area (TPSA) is 61.4 Å². The molecule has 1 heterocycles. The molecule has 0 spiro atoms. The van der Waals surface area contributed by atoms with Crippen molar-refractivity contribution in [3.05, 3.63) is 40.9 Å². The van der Waals surface area contributed by atoms with Gasteiger partial charge in [0.25, 0.3) is 0 Å². The largest absolute Gasteiger partial charge is 0.337 e. The van der Waals surface area contributed by atoms with Gasteiger partial charge in [0.1, 0.15) is 0 Å². The third-order valence-corrected chi connectivity index (χ3v) is 3.93. The Bertz CT molecular complexity index is 577. The first-order valence-corrected chi connectivity index (χ1v) is 7.19. The predicted octanol–water partition coefficient (Wildman–Crippen LogP) is 2.90. The van der Waals surface area contributed by atoms with E-state index >= 15 is 0 Å². The average Bonchev–Trinajstić information content (AvgIpc) is 2.90. The fourth-order valence-corrected chi connectivity index (χ4v) is 2.43. The molecule has 0 saturated carbocycles. The van der Waals surface area contributed by atoms with Crippen LogP contribution >= 0.6 is 23.2 Å². The van der Waals surface area contributed by atoms with Gasteiger partial charge in [-0.2, -0.15) is 0 Å². The number of halogens is 2. The van der Waals surface area contributed by atoms with Crippen molar-refractivity contribution in [3.63, 3.8) is 0 Å². The van der Waals surface area contributed by atoms with Crippen molar-refractivity contribution in [1.82, 2.24) is 10.2 Å². The van der Waals surface area contributed by atoms with Crippen LogP contribution in [0.5, 0.6) is 0 Å². The molecule has 1 aliphatic rings. The maximum Gasteiger partial charge on any atom is 0.319 e. The zero-order valence-corrected chi connectivity index (χ0v) is 12.7. The number of hydrogen-bond donors (Lipinski definition) is 2. The van der Waals surface area contributed by atoms with Crippen LogP contribution in [0, 0.1) is 0 Å². The van der Waals surface area contributed by atoms with E-state index in [-0.39, 0.29) is 18.0 Å². The molecule has 0 unspecified atom stereocenters. The molecule has 0 aromatic heterocycles. The number of carbonyl (C=O) groups excluding carboxylic acids is 2. The minimum Gasteiger partial charge on any atom is -0.337 e.